The molecule has 0 N–H and O–H groups in total. The van der Waals surface area contributed by atoms with Gasteiger partial charge < -0.3 is 4.74 Å². The van der Waals surface area contributed by atoms with Crippen molar-refractivity contribution in [3.63, 3.8) is 0 Å². The highest BCUT2D eigenvalue weighted by Gasteiger charge is 2.28. The molecule has 1 nitrogen and oxygen atoms in total. The van der Waals surface area contributed by atoms with Crippen LogP contribution in [0.5, 0.6) is 5.75 Å². The van der Waals surface area contributed by atoms with Gasteiger partial charge >= 0.3 is 0 Å². The lowest BCUT2D eigenvalue weighted by atomic mass is 9.88. The topological polar surface area (TPSA) is 9.23 Å². The molecule has 0 saturated heterocycles. The molecule has 0 bridgehead atoms. The molecule has 0 aromatic heterocycles. The van der Waals surface area contributed by atoms with Crippen LogP contribution in [0.4, 0.5) is 0 Å². The maximum Gasteiger partial charge on any atom is 0.127 e. The normalized spacial score (nSPS) is 21.6. The van der Waals surface area contributed by atoms with E-state index in [-0.39, 0.29) is 6.10 Å². The van der Waals surface area contributed by atoms with E-state index in [2.05, 4.69) is 6.92 Å². The Kier molecular flexibility index (Phi) is 3.42. The summed E-state index contributed by atoms with van der Waals surface area (Å²) < 4.78 is 6.12. The Bertz CT molecular complexity index is 592. The van der Waals surface area contributed by atoms with Crippen LogP contribution in [0.15, 0.2) is 42.5 Å². The van der Waals surface area contributed by atoms with Gasteiger partial charge in [-0.15, -0.1) is 0 Å². The average molecular weight is 293 g/mol. The van der Waals surface area contributed by atoms with Gasteiger partial charge in [0.15, 0.2) is 0 Å². The van der Waals surface area contributed by atoms with Crippen molar-refractivity contribution in [2.45, 2.75) is 19.4 Å². The zero-order valence-corrected chi connectivity index (χ0v) is 12.1. The van der Waals surface area contributed by atoms with Crippen LogP contribution in [-0.2, 0) is 6.42 Å². The summed E-state index contributed by atoms with van der Waals surface area (Å²) in [5.41, 5.74) is 2.35. The molecule has 2 aromatic carbocycles. The zero-order chi connectivity index (χ0) is 13.4. The summed E-state index contributed by atoms with van der Waals surface area (Å²) in [5.74, 6) is 1.34. The minimum absolute atomic E-state index is 0.0749. The number of ether oxygens (including phenoxy) is 1. The zero-order valence-electron chi connectivity index (χ0n) is 10.6. The monoisotopic (exact) mass is 292 g/mol. The fourth-order valence-electron chi connectivity index (χ4n) is 2.58. The lowest BCUT2D eigenvalue weighted by molar-refractivity contribution is 0.123. The summed E-state index contributed by atoms with van der Waals surface area (Å²) in [4.78, 5) is 0. The lowest BCUT2D eigenvalue weighted by Crippen LogP contribution is -2.23. The number of benzene rings is 2. The first-order valence-electron chi connectivity index (χ1n) is 6.34. The van der Waals surface area contributed by atoms with Crippen molar-refractivity contribution in [1.29, 1.82) is 0 Å². The lowest BCUT2D eigenvalue weighted by Gasteiger charge is -2.32. The molecule has 19 heavy (non-hydrogen) atoms. The second-order valence-corrected chi connectivity index (χ2v) is 5.90. The van der Waals surface area contributed by atoms with E-state index in [1.807, 2.05) is 42.5 Å². The summed E-state index contributed by atoms with van der Waals surface area (Å²) in [6, 6.07) is 13.7. The largest absolute Gasteiger partial charge is 0.485 e. The van der Waals surface area contributed by atoms with Crippen molar-refractivity contribution < 1.29 is 4.74 Å². The molecule has 2 atom stereocenters. The minimum atomic E-state index is 0.0749. The molecule has 1 heterocycles. The number of hydrogen-bond donors (Lipinski definition) is 0. The Morgan fingerprint density at radius 2 is 1.68 bits per heavy atom. The number of halogens is 2. The van der Waals surface area contributed by atoms with E-state index in [0.29, 0.717) is 5.92 Å². The van der Waals surface area contributed by atoms with Crippen LogP contribution in [-0.4, -0.2) is 0 Å². The van der Waals surface area contributed by atoms with Crippen molar-refractivity contribution in [2.24, 2.45) is 5.92 Å². The molecule has 0 amide bonds. The molecule has 2 aromatic rings. The van der Waals surface area contributed by atoms with E-state index in [1.54, 1.807) is 0 Å². The average Bonchev–Trinajstić information content (AvgIpc) is 2.39. The minimum Gasteiger partial charge on any atom is -0.485 e. The maximum atomic E-state index is 6.12. The molecular formula is C16H14Cl2O. The quantitative estimate of drug-likeness (QED) is 0.692. The van der Waals surface area contributed by atoms with Crippen LogP contribution in [0.3, 0.4) is 0 Å². The summed E-state index contributed by atoms with van der Waals surface area (Å²) in [5, 5.41) is 1.51. The van der Waals surface area contributed by atoms with Gasteiger partial charge in [0.2, 0.25) is 0 Å². The highest BCUT2D eigenvalue weighted by atomic mass is 35.5. The predicted octanol–water partition coefficient (Wildman–Crippen LogP) is 5.31. The van der Waals surface area contributed by atoms with Gasteiger partial charge in [-0.3, -0.25) is 0 Å². The first-order chi connectivity index (χ1) is 9.13. The molecule has 1 aliphatic rings. The van der Waals surface area contributed by atoms with Gasteiger partial charge in [-0.25, -0.2) is 0 Å². The molecule has 0 unspecified atom stereocenters. The second-order valence-electron chi connectivity index (χ2n) is 5.02. The smallest absolute Gasteiger partial charge is 0.127 e. The standard InChI is InChI=1S/C16H14Cl2O/c1-10-8-12-9-14(18)6-7-15(12)19-16(10)11-2-4-13(17)5-3-11/h2-7,9-10,16H,8H2,1H3/t10-,16+/m0/s1. The Labute approximate surface area is 123 Å². The molecule has 0 radical (unpaired) electrons. The Hall–Kier alpha value is -1.18. The SMILES string of the molecule is C[C@H]1Cc2cc(Cl)ccc2O[C@H]1c1ccc(Cl)cc1. The fraction of sp³-hybridized carbons (Fsp3) is 0.250. The first-order valence-corrected chi connectivity index (χ1v) is 7.09. The molecule has 0 fully saturated rings. The van der Waals surface area contributed by atoms with Crippen molar-refractivity contribution in [1.82, 2.24) is 0 Å². The third-order valence-corrected chi connectivity index (χ3v) is 4.02. The van der Waals surface area contributed by atoms with Crippen LogP contribution < -0.4 is 4.74 Å². The summed E-state index contributed by atoms with van der Waals surface area (Å²) in [7, 11) is 0. The number of fused-ring (bicyclic) bond motifs is 1. The van der Waals surface area contributed by atoms with Crippen LogP contribution in [0.25, 0.3) is 0 Å². The summed E-state index contributed by atoms with van der Waals surface area (Å²) in [6.07, 6.45) is 1.05. The van der Waals surface area contributed by atoms with E-state index < -0.39 is 0 Å². The molecular weight excluding hydrogens is 279 g/mol. The van der Waals surface area contributed by atoms with E-state index in [0.717, 1.165) is 27.8 Å². The van der Waals surface area contributed by atoms with Gasteiger partial charge in [-0.2, -0.15) is 0 Å². The van der Waals surface area contributed by atoms with E-state index >= 15 is 0 Å². The summed E-state index contributed by atoms with van der Waals surface area (Å²) in [6.45, 7) is 2.20. The fourth-order valence-corrected chi connectivity index (χ4v) is 2.90. The van der Waals surface area contributed by atoms with Crippen molar-refractivity contribution >= 4 is 23.2 Å². The summed E-state index contributed by atoms with van der Waals surface area (Å²) >= 11 is 12.0. The molecule has 3 rings (SSSR count). The Morgan fingerprint density at radius 3 is 2.42 bits per heavy atom. The van der Waals surface area contributed by atoms with Gasteiger partial charge in [0.05, 0.1) is 0 Å². The van der Waals surface area contributed by atoms with Crippen molar-refractivity contribution in [3.05, 3.63) is 63.6 Å². The molecule has 0 saturated carbocycles. The Morgan fingerprint density at radius 1 is 1.00 bits per heavy atom. The van der Waals surface area contributed by atoms with Crippen molar-refractivity contribution in [3.8, 4) is 5.75 Å². The van der Waals surface area contributed by atoms with Crippen LogP contribution in [0.1, 0.15) is 24.2 Å². The van der Waals surface area contributed by atoms with Gasteiger partial charge in [-0.1, -0.05) is 42.3 Å². The molecule has 0 spiro atoms. The van der Waals surface area contributed by atoms with Crippen LogP contribution >= 0.6 is 23.2 Å². The number of hydrogen-bond acceptors (Lipinski definition) is 1. The maximum absolute atomic E-state index is 6.12. The van der Waals surface area contributed by atoms with Gasteiger partial charge in [0.1, 0.15) is 11.9 Å². The highest BCUT2D eigenvalue weighted by Crippen LogP contribution is 2.39. The second kappa shape index (κ2) is 5.07. The highest BCUT2D eigenvalue weighted by molar-refractivity contribution is 6.30. The van der Waals surface area contributed by atoms with Crippen molar-refractivity contribution in [2.75, 3.05) is 0 Å². The molecule has 0 aliphatic carbocycles. The Balaban J connectivity index is 1.93. The first kappa shape index (κ1) is 12.8. The van der Waals surface area contributed by atoms with Gasteiger partial charge in [0.25, 0.3) is 0 Å². The van der Waals surface area contributed by atoms with Gasteiger partial charge in [-0.05, 0) is 47.9 Å². The van der Waals surface area contributed by atoms with E-state index in [4.69, 9.17) is 27.9 Å². The third-order valence-electron chi connectivity index (χ3n) is 3.53. The predicted molar refractivity (Wildman–Crippen MR) is 79.1 cm³/mol. The van der Waals surface area contributed by atoms with E-state index in [1.165, 1.54) is 5.56 Å². The molecule has 1 aliphatic heterocycles. The third kappa shape index (κ3) is 2.58. The molecule has 98 valence electrons. The van der Waals surface area contributed by atoms with Crippen LogP contribution in [0.2, 0.25) is 10.0 Å². The van der Waals surface area contributed by atoms with Crippen LogP contribution in [0, 0.1) is 5.92 Å². The van der Waals surface area contributed by atoms with E-state index in [9.17, 15) is 0 Å². The van der Waals surface area contributed by atoms with Gasteiger partial charge in [0, 0.05) is 16.0 Å². The molecule has 3 heteroatoms. The number of rotatable bonds is 1.